The molecule has 0 aliphatic heterocycles. The van der Waals surface area contributed by atoms with Gasteiger partial charge in [0.2, 0.25) is 5.88 Å². The van der Waals surface area contributed by atoms with Crippen molar-refractivity contribution in [3.05, 3.63) is 48.2 Å². The van der Waals surface area contributed by atoms with E-state index in [1.54, 1.807) is 18.2 Å². The van der Waals surface area contributed by atoms with E-state index in [2.05, 4.69) is 4.98 Å². The topological polar surface area (TPSA) is 85.4 Å². The third-order valence-electron chi connectivity index (χ3n) is 2.09. The molecule has 0 saturated heterocycles. The molecule has 5 heteroatoms. The Hall–Kier alpha value is -2.56. The molecule has 1 heterocycles. The van der Waals surface area contributed by atoms with Crippen LogP contribution in [0.5, 0.6) is 17.4 Å². The van der Waals surface area contributed by atoms with Gasteiger partial charge < -0.3 is 15.6 Å². The van der Waals surface area contributed by atoms with Crippen molar-refractivity contribution in [3.63, 3.8) is 0 Å². The third kappa shape index (κ3) is 2.52. The minimum Gasteiger partial charge on any atom is -0.508 e. The zero-order chi connectivity index (χ0) is 12.3. The number of carbonyl (C=O) groups excluding carboxylic acids is 1. The number of aromatic nitrogens is 1. The maximum absolute atomic E-state index is 11.1. The number of phenolic OH excluding ortho intramolecular Hbond substituents is 1. The summed E-state index contributed by atoms with van der Waals surface area (Å²) in [6.07, 6.45) is 1.50. The molecule has 0 saturated carbocycles. The van der Waals surface area contributed by atoms with Gasteiger partial charge in [0, 0.05) is 6.20 Å². The number of rotatable bonds is 3. The monoisotopic (exact) mass is 230 g/mol. The van der Waals surface area contributed by atoms with Crippen LogP contribution in [0.15, 0.2) is 42.6 Å². The Morgan fingerprint density at radius 2 is 1.94 bits per heavy atom. The van der Waals surface area contributed by atoms with Gasteiger partial charge in [0.15, 0.2) is 0 Å². The first-order valence-corrected chi connectivity index (χ1v) is 4.88. The van der Waals surface area contributed by atoms with Gasteiger partial charge in [0.1, 0.15) is 17.1 Å². The van der Waals surface area contributed by atoms with Gasteiger partial charge in [-0.3, -0.25) is 4.79 Å². The van der Waals surface area contributed by atoms with Crippen LogP contribution in [0.3, 0.4) is 0 Å². The lowest BCUT2D eigenvalue weighted by Gasteiger charge is -2.07. The summed E-state index contributed by atoms with van der Waals surface area (Å²) in [6, 6.07) is 9.21. The van der Waals surface area contributed by atoms with E-state index in [4.69, 9.17) is 15.6 Å². The Balaban J connectivity index is 2.30. The summed E-state index contributed by atoms with van der Waals surface area (Å²) >= 11 is 0. The largest absolute Gasteiger partial charge is 0.508 e. The van der Waals surface area contributed by atoms with E-state index in [-0.39, 0.29) is 17.2 Å². The Morgan fingerprint density at radius 3 is 2.59 bits per heavy atom. The number of hydrogen-bond acceptors (Lipinski definition) is 4. The lowest BCUT2D eigenvalue weighted by Crippen LogP contribution is -2.12. The van der Waals surface area contributed by atoms with Crippen molar-refractivity contribution < 1.29 is 14.6 Å². The molecule has 1 amide bonds. The van der Waals surface area contributed by atoms with Gasteiger partial charge >= 0.3 is 0 Å². The number of aromatic hydroxyl groups is 1. The molecular weight excluding hydrogens is 220 g/mol. The number of benzene rings is 1. The molecule has 2 aromatic rings. The number of nitrogens with two attached hydrogens (primary N) is 1. The molecule has 5 nitrogen and oxygen atoms in total. The highest BCUT2D eigenvalue weighted by molar-refractivity contribution is 5.95. The maximum Gasteiger partial charge on any atom is 0.254 e. The van der Waals surface area contributed by atoms with E-state index >= 15 is 0 Å². The van der Waals surface area contributed by atoms with Crippen LogP contribution < -0.4 is 10.5 Å². The predicted octanol–water partition coefficient (Wildman–Crippen LogP) is 1.68. The summed E-state index contributed by atoms with van der Waals surface area (Å²) < 4.78 is 5.40. The van der Waals surface area contributed by atoms with Crippen LogP contribution in [0.25, 0.3) is 0 Å². The molecular formula is C12H10N2O3. The van der Waals surface area contributed by atoms with Crippen molar-refractivity contribution in [2.75, 3.05) is 0 Å². The van der Waals surface area contributed by atoms with E-state index in [0.29, 0.717) is 5.75 Å². The van der Waals surface area contributed by atoms with Crippen LogP contribution in [0.2, 0.25) is 0 Å². The first kappa shape index (κ1) is 10.9. The zero-order valence-corrected chi connectivity index (χ0v) is 8.83. The number of primary amides is 1. The van der Waals surface area contributed by atoms with E-state index in [0.717, 1.165) is 0 Å². The van der Waals surface area contributed by atoms with Crippen LogP contribution in [0.1, 0.15) is 10.4 Å². The second-order valence-corrected chi connectivity index (χ2v) is 3.32. The highest BCUT2D eigenvalue weighted by atomic mass is 16.5. The summed E-state index contributed by atoms with van der Waals surface area (Å²) in [7, 11) is 0. The van der Waals surface area contributed by atoms with Gasteiger partial charge in [-0.1, -0.05) is 0 Å². The SMILES string of the molecule is NC(=O)c1cccnc1Oc1ccc(O)cc1. The zero-order valence-electron chi connectivity index (χ0n) is 8.83. The van der Waals surface area contributed by atoms with Crippen molar-refractivity contribution in [1.29, 1.82) is 0 Å². The number of nitrogens with zero attached hydrogens (tertiary/aromatic N) is 1. The van der Waals surface area contributed by atoms with Gasteiger partial charge in [0.25, 0.3) is 5.91 Å². The molecule has 0 aliphatic rings. The standard InChI is InChI=1S/C12H10N2O3/c13-11(16)10-2-1-7-14-12(10)17-9-5-3-8(15)4-6-9/h1-7,15H,(H2,13,16). The number of ether oxygens (including phenoxy) is 1. The van der Waals surface area contributed by atoms with Crippen molar-refractivity contribution >= 4 is 5.91 Å². The molecule has 0 atom stereocenters. The molecule has 0 fully saturated rings. The molecule has 3 N–H and O–H groups in total. The van der Waals surface area contributed by atoms with Crippen LogP contribution >= 0.6 is 0 Å². The number of pyridine rings is 1. The molecule has 0 radical (unpaired) electrons. The average Bonchev–Trinajstić information content (AvgIpc) is 2.32. The summed E-state index contributed by atoms with van der Waals surface area (Å²) in [5, 5.41) is 9.12. The third-order valence-corrected chi connectivity index (χ3v) is 2.09. The Labute approximate surface area is 97.5 Å². The lowest BCUT2D eigenvalue weighted by atomic mass is 10.2. The predicted molar refractivity (Wildman–Crippen MR) is 60.9 cm³/mol. The number of amides is 1. The molecule has 1 aromatic carbocycles. The normalized spacial score (nSPS) is 9.88. The van der Waals surface area contributed by atoms with Gasteiger partial charge in [-0.2, -0.15) is 0 Å². The van der Waals surface area contributed by atoms with Crippen LogP contribution in [-0.2, 0) is 0 Å². The average molecular weight is 230 g/mol. The summed E-state index contributed by atoms with van der Waals surface area (Å²) in [5.41, 5.74) is 5.40. The molecule has 1 aromatic heterocycles. The molecule has 0 aliphatic carbocycles. The summed E-state index contributed by atoms with van der Waals surface area (Å²) in [6.45, 7) is 0. The minimum absolute atomic E-state index is 0.133. The van der Waals surface area contributed by atoms with Crippen molar-refractivity contribution in [1.82, 2.24) is 4.98 Å². The van der Waals surface area contributed by atoms with Gasteiger partial charge in [0.05, 0.1) is 0 Å². The van der Waals surface area contributed by atoms with Crippen molar-refractivity contribution in [2.24, 2.45) is 5.73 Å². The second-order valence-electron chi connectivity index (χ2n) is 3.32. The molecule has 0 spiro atoms. The smallest absolute Gasteiger partial charge is 0.254 e. The fraction of sp³-hybridized carbons (Fsp3) is 0. The Morgan fingerprint density at radius 1 is 1.24 bits per heavy atom. The Bertz CT molecular complexity index is 538. The number of hydrogen-bond donors (Lipinski definition) is 2. The number of phenols is 1. The fourth-order valence-corrected chi connectivity index (χ4v) is 1.29. The van der Waals surface area contributed by atoms with Gasteiger partial charge in [-0.25, -0.2) is 4.98 Å². The molecule has 0 unspecified atom stereocenters. The van der Waals surface area contributed by atoms with Crippen molar-refractivity contribution in [3.8, 4) is 17.4 Å². The van der Waals surface area contributed by atoms with E-state index in [1.807, 2.05) is 0 Å². The van der Waals surface area contributed by atoms with E-state index in [1.165, 1.54) is 24.4 Å². The lowest BCUT2D eigenvalue weighted by molar-refractivity contribution is 0.0997. The van der Waals surface area contributed by atoms with Crippen LogP contribution in [0, 0.1) is 0 Å². The van der Waals surface area contributed by atoms with Crippen LogP contribution in [0.4, 0.5) is 0 Å². The van der Waals surface area contributed by atoms with E-state index < -0.39 is 5.91 Å². The molecule has 2 rings (SSSR count). The van der Waals surface area contributed by atoms with Crippen molar-refractivity contribution in [2.45, 2.75) is 0 Å². The van der Waals surface area contributed by atoms with Gasteiger partial charge in [-0.05, 0) is 36.4 Å². The Kier molecular flexibility index (Phi) is 2.91. The molecule has 17 heavy (non-hydrogen) atoms. The highest BCUT2D eigenvalue weighted by Gasteiger charge is 2.10. The summed E-state index contributed by atoms with van der Waals surface area (Å²) in [4.78, 5) is 15.1. The molecule has 0 bridgehead atoms. The fourth-order valence-electron chi connectivity index (χ4n) is 1.29. The van der Waals surface area contributed by atoms with Gasteiger partial charge in [-0.15, -0.1) is 0 Å². The maximum atomic E-state index is 11.1. The minimum atomic E-state index is -0.605. The number of carbonyl (C=O) groups is 1. The highest BCUT2D eigenvalue weighted by Crippen LogP contribution is 2.24. The first-order chi connectivity index (χ1) is 8.16. The second kappa shape index (κ2) is 4.52. The van der Waals surface area contributed by atoms with Crippen LogP contribution in [-0.4, -0.2) is 16.0 Å². The molecule has 86 valence electrons. The summed E-state index contributed by atoms with van der Waals surface area (Å²) in [5.74, 6) is 0.134. The van der Waals surface area contributed by atoms with E-state index in [9.17, 15) is 4.79 Å². The first-order valence-electron chi connectivity index (χ1n) is 4.88. The quantitative estimate of drug-likeness (QED) is 0.839.